The summed E-state index contributed by atoms with van der Waals surface area (Å²) < 4.78 is 9.18. The van der Waals surface area contributed by atoms with Crippen LogP contribution in [0.4, 0.5) is 4.79 Å². The van der Waals surface area contributed by atoms with Crippen molar-refractivity contribution in [3.05, 3.63) is 35.9 Å². The van der Waals surface area contributed by atoms with Crippen molar-refractivity contribution in [3.8, 4) is 0 Å². The topological polar surface area (TPSA) is 434 Å². The van der Waals surface area contributed by atoms with E-state index in [9.17, 15) is 87.9 Å². The fourth-order valence-electron chi connectivity index (χ4n) is 4.55. The van der Waals surface area contributed by atoms with Crippen molar-refractivity contribution in [2.75, 3.05) is 7.11 Å². The number of rotatable bonds is 26. The average molecular weight is 857 g/mol. The SMILES string of the molecule is COC(=O)C[C@H](NC(=O)C[C@H](NC(=O)C[C@H](NC(=O)C[C@H](NC(=O)C[C@H](NC(=O)C[C@H](NC(=O)OCc1ccccc1)C(=O)O)C(=O)O)C(=O)O)C(=O)O)C(=O)O)C(=O)O. The maximum absolute atomic E-state index is 12.6. The molecule has 0 saturated heterocycles. The number of carboxylic acids is 6. The molecule has 0 fully saturated rings. The van der Waals surface area contributed by atoms with E-state index in [0.29, 0.717) is 5.56 Å². The molecule has 0 unspecified atom stereocenters. The van der Waals surface area contributed by atoms with Crippen molar-refractivity contribution in [1.29, 1.82) is 0 Å². The maximum Gasteiger partial charge on any atom is 0.408 e. The van der Waals surface area contributed by atoms with Crippen molar-refractivity contribution in [2.24, 2.45) is 0 Å². The van der Waals surface area contributed by atoms with Crippen LogP contribution in [0, 0.1) is 0 Å². The summed E-state index contributed by atoms with van der Waals surface area (Å²) in [4.78, 5) is 156. The molecule has 0 saturated carbocycles. The van der Waals surface area contributed by atoms with Gasteiger partial charge in [-0.3, -0.25) is 28.8 Å². The van der Waals surface area contributed by atoms with Crippen LogP contribution in [0.5, 0.6) is 0 Å². The van der Waals surface area contributed by atoms with E-state index in [0.717, 1.165) is 7.11 Å². The molecule has 0 spiro atoms. The molecular formula is C33H40N6O21. The van der Waals surface area contributed by atoms with E-state index in [4.69, 9.17) is 9.84 Å². The number of carboxylic acid groups (broad SMARTS) is 6. The molecule has 27 heteroatoms. The molecule has 12 N–H and O–H groups in total. The van der Waals surface area contributed by atoms with Gasteiger partial charge in [-0.25, -0.2) is 33.6 Å². The Balaban J connectivity index is 2.83. The molecule has 1 aromatic rings. The molecule has 0 bridgehead atoms. The Morgan fingerprint density at radius 2 is 0.700 bits per heavy atom. The number of ether oxygens (including phenoxy) is 2. The molecule has 0 aliphatic carbocycles. The minimum Gasteiger partial charge on any atom is -0.480 e. The smallest absolute Gasteiger partial charge is 0.408 e. The highest BCUT2D eigenvalue weighted by molar-refractivity contribution is 5.95. The summed E-state index contributed by atoms with van der Waals surface area (Å²) in [5, 5.41) is 67.5. The second-order valence-corrected chi connectivity index (χ2v) is 12.2. The van der Waals surface area contributed by atoms with Gasteiger partial charge in [0, 0.05) is 0 Å². The van der Waals surface area contributed by atoms with E-state index < -0.39 is 152 Å². The number of esters is 1. The van der Waals surface area contributed by atoms with Crippen LogP contribution in [0.25, 0.3) is 0 Å². The highest BCUT2D eigenvalue weighted by Crippen LogP contribution is 2.06. The first kappa shape index (κ1) is 50.1. The van der Waals surface area contributed by atoms with Crippen LogP contribution < -0.4 is 31.9 Å². The third kappa shape index (κ3) is 19.3. The maximum atomic E-state index is 12.6. The van der Waals surface area contributed by atoms with Crippen LogP contribution in [-0.4, -0.2) is 151 Å². The number of benzene rings is 1. The van der Waals surface area contributed by atoms with E-state index in [1.807, 2.05) is 16.0 Å². The van der Waals surface area contributed by atoms with Gasteiger partial charge in [0.05, 0.1) is 45.6 Å². The Hall–Kier alpha value is -7.87. The molecule has 1 rings (SSSR count). The second-order valence-electron chi connectivity index (χ2n) is 12.2. The molecule has 0 aliphatic rings. The molecule has 1 aromatic carbocycles. The predicted octanol–water partition coefficient (Wildman–Crippen LogP) is -4.27. The van der Waals surface area contributed by atoms with Gasteiger partial charge >= 0.3 is 47.9 Å². The van der Waals surface area contributed by atoms with Gasteiger partial charge in [-0.05, 0) is 5.56 Å². The molecule has 6 amide bonds. The van der Waals surface area contributed by atoms with E-state index in [1.54, 1.807) is 46.3 Å². The van der Waals surface area contributed by atoms with E-state index in [-0.39, 0.29) is 6.61 Å². The second kappa shape index (κ2) is 24.7. The molecule has 328 valence electrons. The third-order valence-corrected chi connectivity index (χ3v) is 7.52. The Labute approximate surface area is 336 Å². The van der Waals surface area contributed by atoms with Crippen LogP contribution in [-0.2, 0) is 73.6 Å². The predicted molar refractivity (Wildman–Crippen MR) is 189 cm³/mol. The minimum absolute atomic E-state index is 0.265. The summed E-state index contributed by atoms with van der Waals surface area (Å²) in [5.41, 5.74) is 0.544. The van der Waals surface area contributed by atoms with Gasteiger partial charge in [-0.1, -0.05) is 30.3 Å². The highest BCUT2D eigenvalue weighted by Gasteiger charge is 2.33. The Bertz CT molecular complexity index is 1820. The van der Waals surface area contributed by atoms with Crippen LogP contribution in [0.3, 0.4) is 0 Å². The van der Waals surface area contributed by atoms with Crippen LogP contribution in [0.15, 0.2) is 30.3 Å². The highest BCUT2D eigenvalue weighted by atomic mass is 16.5. The zero-order valence-corrected chi connectivity index (χ0v) is 31.1. The quantitative estimate of drug-likeness (QED) is 0.0392. The van der Waals surface area contributed by atoms with Crippen molar-refractivity contribution >= 4 is 77.4 Å². The van der Waals surface area contributed by atoms with Gasteiger partial charge < -0.3 is 72.0 Å². The number of amides is 6. The number of aliphatic carboxylic acids is 6. The summed E-state index contributed by atoms with van der Waals surface area (Å²) in [5.74, 6) is -18.8. The summed E-state index contributed by atoms with van der Waals surface area (Å²) >= 11 is 0. The van der Waals surface area contributed by atoms with Crippen LogP contribution in [0.1, 0.15) is 44.1 Å². The number of methoxy groups -OCH3 is 1. The van der Waals surface area contributed by atoms with Gasteiger partial charge in [-0.15, -0.1) is 0 Å². The lowest BCUT2D eigenvalue weighted by molar-refractivity contribution is -0.149. The summed E-state index contributed by atoms with van der Waals surface area (Å²) in [6.45, 7) is -0.265. The fourth-order valence-corrected chi connectivity index (χ4v) is 4.55. The van der Waals surface area contributed by atoms with Crippen molar-refractivity contribution in [1.82, 2.24) is 31.9 Å². The molecule has 27 nitrogen and oxygen atoms in total. The van der Waals surface area contributed by atoms with Crippen LogP contribution in [0.2, 0.25) is 0 Å². The Kier molecular flexibility index (Phi) is 20.6. The summed E-state index contributed by atoms with van der Waals surface area (Å²) in [6, 6.07) is -4.18. The minimum atomic E-state index is -2.18. The van der Waals surface area contributed by atoms with Gasteiger partial charge in [0.1, 0.15) is 42.9 Å². The molecule has 0 aromatic heterocycles. The summed E-state index contributed by atoms with van der Waals surface area (Å²) in [6.07, 6.45) is -7.91. The molecule has 0 aliphatic heterocycles. The standard InChI is InChI=1S/C33H40N6O21/c1-59-26(45)12-20(32(56)57)38-24(43)10-18(30(52)53)36-22(41)8-16(28(48)49)34-21(40)7-15(27(46)47)35-23(42)9-17(29(50)51)37-25(44)11-19(31(54)55)39-33(58)60-13-14-5-3-2-4-6-14/h2-6,15-20H,7-13H2,1H3,(H,34,40)(H,35,42)(H,36,41)(H,37,44)(H,38,43)(H,39,58)(H,46,47)(H,48,49)(H,50,51)(H,52,53)(H,54,55)(H,56,57)/t15-,16-,17-,18-,19-,20-/m0/s1. The van der Waals surface area contributed by atoms with Gasteiger partial charge in [0.15, 0.2) is 0 Å². The largest absolute Gasteiger partial charge is 0.480 e. The van der Waals surface area contributed by atoms with Gasteiger partial charge in [-0.2, -0.15) is 0 Å². The van der Waals surface area contributed by atoms with E-state index >= 15 is 0 Å². The third-order valence-electron chi connectivity index (χ3n) is 7.52. The van der Waals surface area contributed by atoms with Crippen molar-refractivity contribution in [2.45, 2.75) is 81.4 Å². The zero-order chi connectivity index (χ0) is 45.7. The van der Waals surface area contributed by atoms with Crippen molar-refractivity contribution < 1.29 is 102 Å². The monoisotopic (exact) mass is 856 g/mol. The first-order valence-electron chi connectivity index (χ1n) is 16.9. The molecular weight excluding hydrogens is 816 g/mol. The van der Waals surface area contributed by atoms with Gasteiger partial charge in [0.2, 0.25) is 29.5 Å². The summed E-state index contributed by atoms with van der Waals surface area (Å²) in [7, 11) is 0.931. The van der Waals surface area contributed by atoms with E-state index in [1.165, 1.54) is 0 Å². The average Bonchev–Trinajstić information content (AvgIpc) is 3.15. The Morgan fingerprint density at radius 1 is 0.433 bits per heavy atom. The number of carbonyl (C=O) groups is 13. The molecule has 0 radical (unpaired) electrons. The van der Waals surface area contributed by atoms with E-state index in [2.05, 4.69) is 4.74 Å². The molecule has 0 heterocycles. The first-order valence-corrected chi connectivity index (χ1v) is 16.9. The number of hydrogen-bond acceptors (Lipinski definition) is 15. The lowest BCUT2D eigenvalue weighted by Gasteiger charge is -2.20. The number of carbonyl (C=O) groups excluding carboxylic acids is 7. The Morgan fingerprint density at radius 3 is 0.967 bits per heavy atom. The lowest BCUT2D eigenvalue weighted by Crippen LogP contribution is -2.52. The van der Waals surface area contributed by atoms with Crippen LogP contribution >= 0.6 is 0 Å². The number of nitrogens with one attached hydrogen (secondary N) is 6. The molecule has 60 heavy (non-hydrogen) atoms. The number of alkyl carbamates (subject to hydrolysis) is 1. The normalized spacial score (nSPS) is 13.4. The number of hydrogen-bond donors (Lipinski definition) is 12. The fraction of sp³-hybridized carbons (Fsp3) is 0.424. The van der Waals surface area contributed by atoms with Crippen molar-refractivity contribution in [3.63, 3.8) is 0 Å². The molecule has 6 atom stereocenters. The van der Waals surface area contributed by atoms with Gasteiger partial charge in [0.25, 0.3) is 0 Å². The lowest BCUT2D eigenvalue weighted by atomic mass is 10.1. The first-order chi connectivity index (χ1) is 28.0. The zero-order valence-electron chi connectivity index (χ0n) is 31.1.